The van der Waals surface area contributed by atoms with Crippen LogP contribution in [-0.4, -0.2) is 52.0 Å². The van der Waals surface area contributed by atoms with Crippen LogP contribution in [0.1, 0.15) is 43.6 Å². The minimum Gasteiger partial charge on any atom is -0.480 e. The number of nitrogens with zero attached hydrogens (tertiary/aromatic N) is 1. The van der Waals surface area contributed by atoms with Crippen LogP contribution in [0.15, 0.2) is 60.7 Å². The van der Waals surface area contributed by atoms with E-state index >= 15 is 0 Å². The van der Waals surface area contributed by atoms with E-state index in [-0.39, 0.29) is 34.6 Å². The Morgan fingerprint density at radius 2 is 1.68 bits per heavy atom. The highest BCUT2D eigenvalue weighted by Gasteiger charge is 2.29. The van der Waals surface area contributed by atoms with E-state index in [1.165, 1.54) is 0 Å². The third-order valence-electron chi connectivity index (χ3n) is 6.24. The summed E-state index contributed by atoms with van der Waals surface area (Å²) in [6.07, 6.45) is -0.734. The Hall–Kier alpha value is -3.14. The molecule has 0 fully saturated rings. The van der Waals surface area contributed by atoms with Crippen molar-refractivity contribution in [2.45, 2.75) is 25.2 Å². The molecule has 0 aliphatic carbocycles. The van der Waals surface area contributed by atoms with Crippen LogP contribution in [0.25, 0.3) is 0 Å². The average molecular weight is 577 g/mol. The number of aliphatic hydroxyl groups excluding tert-OH is 1. The molecular formula is C27H24Cl3N3O5. The molecule has 4 N–H and O–H groups in total. The van der Waals surface area contributed by atoms with Gasteiger partial charge in [-0.15, -0.1) is 0 Å². The van der Waals surface area contributed by atoms with Gasteiger partial charge in [-0.05, 0) is 53.4 Å². The van der Waals surface area contributed by atoms with Gasteiger partial charge in [0.1, 0.15) is 12.3 Å². The number of carbonyl (C=O) groups excluding carboxylic acids is 2. The van der Waals surface area contributed by atoms with Crippen molar-refractivity contribution in [3.8, 4) is 0 Å². The number of aliphatic hydroxyl groups is 1. The molecule has 0 saturated carbocycles. The van der Waals surface area contributed by atoms with E-state index in [1.54, 1.807) is 65.6 Å². The number of nitrogens with one attached hydrogen (secondary N) is 2. The van der Waals surface area contributed by atoms with Crippen molar-refractivity contribution in [1.82, 2.24) is 15.5 Å². The SMILES string of the molecule is O=C(N[C@@H](CN[C@@H](O)c1ccccc1)C(=O)O)c1c(Cl)cc2c(c1Cl)CCN(C(=O)c1ccc(Cl)cc1)C2. The van der Waals surface area contributed by atoms with Crippen LogP contribution in [-0.2, 0) is 17.8 Å². The first-order valence-electron chi connectivity index (χ1n) is 11.7. The van der Waals surface area contributed by atoms with Gasteiger partial charge in [-0.1, -0.05) is 65.1 Å². The highest BCUT2D eigenvalue weighted by atomic mass is 35.5. The van der Waals surface area contributed by atoms with Crippen molar-refractivity contribution in [2.75, 3.05) is 13.1 Å². The summed E-state index contributed by atoms with van der Waals surface area (Å²) >= 11 is 18.9. The molecule has 11 heteroatoms. The van der Waals surface area contributed by atoms with Gasteiger partial charge in [-0.2, -0.15) is 0 Å². The minimum absolute atomic E-state index is 0.0356. The molecule has 1 aliphatic heterocycles. The van der Waals surface area contributed by atoms with Crippen molar-refractivity contribution in [1.29, 1.82) is 0 Å². The van der Waals surface area contributed by atoms with E-state index in [2.05, 4.69) is 10.6 Å². The predicted octanol–water partition coefficient (Wildman–Crippen LogP) is 4.31. The van der Waals surface area contributed by atoms with Crippen molar-refractivity contribution >= 4 is 52.6 Å². The summed E-state index contributed by atoms with van der Waals surface area (Å²) in [5.41, 5.74) is 2.38. The molecule has 0 bridgehead atoms. The van der Waals surface area contributed by atoms with Crippen LogP contribution in [0, 0.1) is 0 Å². The summed E-state index contributed by atoms with van der Waals surface area (Å²) in [6, 6.07) is 15.4. The number of halogens is 3. The molecule has 4 rings (SSSR count). The van der Waals surface area contributed by atoms with Crippen LogP contribution in [0.2, 0.25) is 15.1 Å². The number of fused-ring (bicyclic) bond motifs is 1. The van der Waals surface area contributed by atoms with Gasteiger partial charge in [0.15, 0.2) is 0 Å². The number of hydrogen-bond acceptors (Lipinski definition) is 5. The molecule has 3 aromatic carbocycles. The van der Waals surface area contributed by atoms with Gasteiger partial charge < -0.3 is 20.4 Å². The number of rotatable bonds is 8. The topological polar surface area (TPSA) is 119 Å². The van der Waals surface area contributed by atoms with Crippen LogP contribution < -0.4 is 10.6 Å². The molecule has 1 heterocycles. The maximum atomic E-state index is 13.1. The first-order chi connectivity index (χ1) is 18.2. The molecule has 2 atom stereocenters. The van der Waals surface area contributed by atoms with E-state index in [4.69, 9.17) is 34.8 Å². The monoisotopic (exact) mass is 575 g/mol. The molecule has 0 unspecified atom stereocenters. The highest BCUT2D eigenvalue weighted by molar-refractivity contribution is 6.40. The highest BCUT2D eigenvalue weighted by Crippen LogP contribution is 2.35. The summed E-state index contributed by atoms with van der Waals surface area (Å²) < 4.78 is 0. The zero-order valence-electron chi connectivity index (χ0n) is 20.0. The first-order valence-corrected chi connectivity index (χ1v) is 12.8. The Balaban J connectivity index is 1.47. The van der Waals surface area contributed by atoms with Crippen molar-refractivity contribution in [3.63, 3.8) is 0 Å². The lowest BCUT2D eigenvalue weighted by Gasteiger charge is -2.30. The van der Waals surface area contributed by atoms with Gasteiger partial charge in [0.05, 0.1) is 15.6 Å². The molecule has 1 aliphatic rings. The standard InChI is InChI=1S/C27H24Cl3N3O5/c28-18-8-6-16(7-9-18)26(36)33-11-10-19-17(14-33)12-20(29)22(23(19)30)25(35)32-21(27(37)38)13-31-24(34)15-4-2-1-3-5-15/h1-9,12,21,24,31,34H,10-11,13-14H2,(H,32,35)(H,37,38)/t21-,24-/m0/s1. The third kappa shape index (κ3) is 6.28. The molecular weight excluding hydrogens is 553 g/mol. The lowest BCUT2D eigenvalue weighted by molar-refractivity contribution is -0.139. The van der Waals surface area contributed by atoms with E-state index in [0.29, 0.717) is 40.2 Å². The van der Waals surface area contributed by atoms with E-state index in [9.17, 15) is 24.6 Å². The normalized spacial score (nSPS) is 14.4. The Morgan fingerprint density at radius 1 is 1.00 bits per heavy atom. The number of benzene rings is 3. The zero-order chi connectivity index (χ0) is 27.4. The quantitative estimate of drug-likeness (QED) is 0.297. The fourth-order valence-electron chi connectivity index (χ4n) is 4.22. The molecule has 0 saturated heterocycles. The number of hydrogen-bond donors (Lipinski definition) is 4. The van der Waals surface area contributed by atoms with Crippen LogP contribution in [0.4, 0.5) is 0 Å². The summed E-state index contributed by atoms with van der Waals surface area (Å²) in [7, 11) is 0. The second-order valence-corrected chi connectivity index (χ2v) is 9.98. The van der Waals surface area contributed by atoms with E-state index < -0.39 is 24.1 Å². The fourth-order valence-corrected chi connectivity index (χ4v) is 5.11. The Bertz CT molecular complexity index is 1350. The molecule has 2 amide bonds. The number of carbonyl (C=O) groups is 3. The number of aliphatic carboxylic acids is 1. The number of carboxylic acids is 1. The fraction of sp³-hybridized carbons (Fsp3) is 0.222. The van der Waals surface area contributed by atoms with Gasteiger partial charge >= 0.3 is 5.97 Å². The van der Waals surface area contributed by atoms with Gasteiger partial charge in [0.2, 0.25) is 0 Å². The van der Waals surface area contributed by atoms with Crippen molar-refractivity contribution in [2.24, 2.45) is 0 Å². The third-order valence-corrected chi connectivity index (χ3v) is 7.21. The Labute approximate surface area is 234 Å². The van der Waals surface area contributed by atoms with E-state index in [1.807, 2.05) is 0 Å². The molecule has 198 valence electrons. The predicted molar refractivity (Wildman–Crippen MR) is 145 cm³/mol. The van der Waals surface area contributed by atoms with Crippen LogP contribution in [0.5, 0.6) is 0 Å². The molecule has 0 aromatic heterocycles. The van der Waals surface area contributed by atoms with Gasteiger partial charge in [-0.25, -0.2) is 4.79 Å². The lowest BCUT2D eigenvalue weighted by atomic mass is 9.96. The molecule has 3 aromatic rings. The van der Waals surface area contributed by atoms with Crippen LogP contribution in [0.3, 0.4) is 0 Å². The summed E-state index contributed by atoms with van der Waals surface area (Å²) in [4.78, 5) is 39.5. The zero-order valence-corrected chi connectivity index (χ0v) is 22.2. The van der Waals surface area contributed by atoms with Crippen LogP contribution >= 0.6 is 34.8 Å². The largest absolute Gasteiger partial charge is 0.480 e. The van der Waals surface area contributed by atoms with Gasteiger partial charge in [0.25, 0.3) is 11.8 Å². The Kier molecular flexibility index (Phi) is 8.91. The number of amides is 2. The summed E-state index contributed by atoms with van der Waals surface area (Å²) in [5.74, 6) is -2.23. The average Bonchev–Trinajstić information content (AvgIpc) is 2.90. The molecule has 0 spiro atoms. The summed E-state index contributed by atoms with van der Waals surface area (Å²) in [6.45, 7) is 0.367. The van der Waals surface area contributed by atoms with E-state index in [0.717, 1.165) is 0 Å². The van der Waals surface area contributed by atoms with Crippen molar-refractivity contribution < 1.29 is 24.6 Å². The molecule has 38 heavy (non-hydrogen) atoms. The van der Waals surface area contributed by atoms with Gasteiger partial charge in [-0.3, -0.25) is 14.9 Å². The minimum atomic E-state index is -1.36. The van der Waals surface area contributed by atoms with Gasteiger partial charge in [0, 0.05) is 30.2 Å². The second kappa shape index (κ2) is 12.1. The maximum Gasteiger partial charge on any atom is 0.327 e. The number of carboxylic acid groups (broad SMARTS) is 1. The maximum absolute atomic E-state index is 13.1. The van der Waals surface area contributed by atoms with Crippen molar-refractivity contribution in [3.05, 3.63) is 104 Å². The Morgan fingerprint density at radius 3 is 2.34 bits per heavy atom. The first kappa shape index (κ1) is 27.9. The summed E-state index contributed by atoms with van der Waals surface area (Å²) in [5, 5.41) is 25.7. The lowest BCUT2D eigenvalue weighted by Crippen LogP contribution is -2.48. The molecule has 8 nitrogen and oxygen atoms in total. The smallest absolute Gasteiger partial charge is 0.327 e. The second-order valence-electron chi connectivity index (χ2n) is 8.75. The molecule has 0 radical (unpaired) electrons.